The van der Waals surface area contributed by atoms with Crippen LogP contribution in [0.4, 0.5) is 0 Å². The fourth-order valence-corrected chi connectivity index (χ4v) is 24.0. The third-order valence-corrected chi connectivity index (χ3v) is 31.3. The molecule has 22 rings (SSSR count). The Morgan fingerprint density at radius 3 is 0.973 bits per heavy atom. The Kier molecular flexibility index (Phi) is 35.5. The van der Waals surface area contributed by atoms with E-state index in [0.29, 0.717) is 57.0 Å². The zero-order valence-electron chi connectivity index (χ0n) is 88.9. The summed E-state index contributed by atoms with van der Waals surface area (Å²) in [7, 11) is 0. The van der Waals surface area contributed by atoms with Crippen molar-refractivity contribution in [3.05, 3.63) is 287 Å². The van der Waals surface area contributed by atoms with Gasteiger partial charge in [0.2, 0.25) is 5.91 Å². The second-order valence-corrected chi connectivity index (χ2v) is 42.7. The summed E-state index contributed by atoms with van der Waals surface area (Å²) >= 11 is 0. The molecule has 25 heteroatoms. The zero-order chi connectivity index (χ0) is 103. The number of rotatable bonds is 37. The molecule has 0 spiro atoms. The normalized spacial score (nSPS) is 16.9. The highest BCUT2D eigenvalue weighted by atomic mass is 16.6. The molecule has 1 amide bonds. The maximum absolute atomic E-state index is 13.2. The summed E-state index contributed by atoms with van der Waals surface area (Å²) in [5.41, 5.74) is 22.8. The quantitative estimate of drug-likeness (QED) is 0.0281. The first-order valence-electron chi connectivity index (χ1n) is 55.8. The van der Waals surface area contributed by atoms with E-state index in [1.165, 1.54) is 180 Å². The van der Waals surface area contributed by atoms with Gasteiger partial charge in [0.15, 0.2) is 0 Å². The molecule has 4 aromatic carbocycles. The van der Waals surface area contributed by atoms with Gasteiger partial charge in [-0.1, -0.05) is 176 Å². The number of unbranched alkanes of at least 4 members (excludes halogenated alkanes) is 8. The summed E-state index contributed by atoms with van der Waals surface area (Å²) in [6.07, 6.45) is 44.1. The minimum atomic E-state index is -0.850. The van der Waals surface area contributed by atoms with Crippen molar-refractivity contribution in [1.29, 1.82) is 0 Å². The van der Waals surface area contributed by atoms with Gasteiger partial charge in [-0.25, -0.2) is 0 Å². The van der Waals surface area contributed by atoms with Crippen molar-refractivity contribution in [2.24, 2.45) is 0 Å². The molecule has 0 radical (unpaired) electrons. The summed E-state index contributed by atoms with van der Waals surface area (Å²) < 4.78 is 25.1. The lowest BCUT2D eigenvalue weighted by atomic mass is 9.90. The van der Waals surface area contributed by atoms with E-state index in [-0.39, 0.29) is 25.0 Å². The fraction of sp³-hybridized carbons (Fsp3) is 0.460. The number of carboxylic acids is 1. The highest BCUT2D eigenvalue weighted by Crippen LogP contribution is 2.43. The number of benzene rings is 4. The number of carbonyl (C=O) groups excluding carboxylic acids is 2. The van der Waals surface area contributed by atoms with Crippen LogP contribution in [-0.4, -0.2) is 201 Å². The predicted octanol–water partition coefficient (Wildman–Crippen LogP) is 24.2. The maximum Gasteiger partial charge on any atom is 0.326 e. The molecule has 12 aromatic heterocycles. The zero-order valence-corrected chi connectivity index (χ0v) is 88.9. The second kappa shape index (κ2) is 50.4. The smallest absolute Gasteiger partial charge is 0.326 e. The van der Waals surface area contributed by atoms with Crippen LogP contribution in [0.2, 0.25) is 0 Å². The van der Waals surface area contributed by atoms with E-state index < -0.39 is 11.6 Å². The van der Waals surface area contributed by atoms with Crippen molar-refractivity contribution in [3.8, 4) is 0 Å². The molecule has 16 aromatic rings. The number of nitrogens with zero attached hydrogens (tertiary/aromatic N) is 18. The van der Waals surface area contributed by atoms with Crippen LogP contribution < -0.4 is 0 Å². The van der Waals surface area contributed by atoms with Crippen LogP contribution in [0.25, 0.3) is 87.2 Å². The molecule has 4 aliphatic carbocycles. The molecule has 1 N–H and O–H groups in total. The first kappa shape index (κ1) is 105. The topological polar surface area (TPSA) is 241 Å². The maximum atomic E-state index is 13.2. The van der Waals surface area contributed by atoms with E-state index in [1.54, 1.807) is 0 Å². The number of ether oxygens (including phenoxy) is 3. The van der Waals surface area contributed by atoms with Gasteiger partial charge >= 0.3 is 11.9 Å². The van der Waals surface area contributed by atoms with Crippen LogP contribution >= 0.6 is 0 Å². The minimum Gasteiger partial charge on any atom is -0.480 e. The number of aryl methyl sites for hydroxylation is 4. The Balaban J connectivity index is 0.000000125. The van der Waals surface area contributed by atoms with Gasteiger partial charge in [0.25, 0.3) is 0 Å². The van der Waals surface area contributed by atoms with Crippen LogP contribution in [0.3, 0.4) is 0 Å². The highest BCUT2D eigenvalue weighted by molar-refractivity contribution is 6.11. The Morgan fingerprint density at radius 1 is 0.349 bits per heavy atom. The summed E-state index contributed by atoms with van der Waals surface area (Å²) in [4.78, 5) is 91.4. The van der Waals surface area contributed by atoms with Gasteiger partial charge in [0, 0.05) is 155 Å². The summed E-state index contributed by atoms with van der Waals surface area (Å²) in [6.45, 7) is 30.8. The van der Waals surface area contributed by atoms with Crippen molar-refractivity contribution >= 4 is 105 Å². The van der Waals surface area contributed by atoms with Gasteiger partial charge in [-0.15, -0.1) is 0 Å². The number of para-hydroxylation sites is 4. The average Bonchev–Trinajstić information content (AvgIpc) is 1.62. The van der Waals surface area contributed by atoms with Gasteiger partial charge in [-0.3, -0.25) is 78.8 Å². The molecule has 6 aliphatic rings. The minimum absolute atomic E-state index is 0.0707. The summed E-state index contributed by atoms with van der Waals surface area (Å²) in [5.74, 6) is -0.956. The number of hydrogen-bond donors (Lipinski definition) is 1. The first-order chi connectivity index (χ1) is 73.0. The van der Waals surface area contributed by atoms with Gasteiger partial charge in [-0.05, 0) is 245 Å². The third-order valence-electron chi connectivity index (χ3n) is 31.3. The molecule has 0 saturated carbocycles. The molecule has 0 unspecified atom stereocenters. The Hall–Kier alpha value is -12.6. The number of pyridine rings is 8. The van der Waals surface area contributed by atoms with Crippen molar-refractivity contribution in [2.45, 2.75) is 285 Å². The molecule has 149 heavy (non-hydrogen) atoms. The fourth-order valence-electron chi connectivity index (χ4n) is 24.0. The van der Waals surface area contributed by atoms with Gasteiger partial charge in [-0.2, -0.15) is 0 Å². The Bertz CT molecular complexity index is 7230. The molecule has 780 valence electrons. The Morgan fingerprint density at radius 2 is 0.651 bits per heavy atom. The standard InChI is InChI=1S/C32H39N5O2.C32H41N5O.C32H40N4O2.C28H32N4O2/c1-2-3-6-15-36(29-13-7-9-24-10-8-14-33-32(24)29)22-25-20-27-26-11-4-5-12-28(26)37(30(27)21-34-25)23-31(38)35-16-18-39-19-17-35;1-2-3-6-15-36(30-13-7-9-25-10-8-14-33-32(25)30)24-26-22-28-27-11-4-5-12-29(27)37(31(28)23-34-26)17-16-35-18-20-38-21-19-35;1-5-6-9-18-35(28-16-10-12-23-13-11-17-33-31(23)28)21-24-19-26-25-14-7-8-15-27(25)36(29(26)20-34-24)22-30(37)38-32(2,3)4;1-2-3-6-15-31(25-13-7-9-20-10-8-14-29-28(20)25)18-21-16-23-22-11-4-5-12-24(22)32(19-27(33)34)26(23)17-30-21/h4-5,8,10-12,14,20-21,29H,2-3,6-7,9,13,15-19,22-23H2,1H3;4-5,8,10-12,14,22-23,30H,2-3,6-7,9,13,15-21,24H2,1H3;7-8,11,13-15,17,19-20,28H,5-6,9-10,12,16,18,21-22H2,1-4H3;4-5,8,10-12,14,16-17,25H,2-3,6-7,9,13,15,18-19H2,1H3,(H,33,34)/t29-;30-;28-;25-/m0000/s1. The number of amides is 1. The van der Waals surface area contributed by atoms with E-state index in [2.05, 4.69) is 201 Å². The van der Waals surface area contributed by atoms with Crippen LogP contribution in [0.1, 0.15) is 269 Å². The van der Waals surface area contributed by atoms with E-state index in [1.807, 2.05) is 115 Å². The largest absolute Gasteiger partial charge is 0.480 e. The molecule has 2 aliphatic heterocycles. The molecule has 2 fully saturated rings. The SMILES string of the molecule is CCCCCN(Cc1cc2c3ccccc3n(CC(=O)N3CCOCC3)c2cn1)[C@H]1CCCc2cccnc21.CCCCCN(Cc1cc2c3ccccc3n(CC(=O)O)c2cn1)[C@H]1CCCc2cccnc21.CCCCCN(Cc1cc2c3ccccc3n(CC(=O)OC(C)(C)C)c2cn1)[C@H]1CCCc2cccnc21.CCCCCN(Cc1cc2c3ccccc3n(CCN3CCOCC3)c2cn1)[C@H]1CCCc2cccnc21. The van der Waals surface area contributed by atoms with Crippen molar-refractivity contribution in [1.82, 2.24) is 87.5 Å². The van der Waals surface area contributed by atoms with E-state index >= 15 is 0 Å². The van der Waals surface area contributed by atoms with Gasteiger partial charge in [0.1, 0.15) is 25.2 Å². The van der Waals surface area contributed by atoms with Gasteiger partial charge in [0.05, 0.1) is 143 Å². The number of aromatic nitrogens is 12. The van der Waals surface area contributed by atoms with Crippen LogP contribution in [0.5, 0.6) is 0 Å². The van der Waals surface area contributed by atoms with E-state index in [4.69, 9.17) is 54.1 Å². The summed E-state index contributed by atoms with van der Waals surface area (Å²) in [5, 5.41) is 18.9. The number of esters is 1. The van der Waals surface area contributed by atoms with E-state index in [0.717, 1.165) is 221 Å². The third kappa shape index (κ3) is 25.2. The van der Waals surface area contributed by atoms with Crippen LogP contribution in [-0.2, 0) is 107 Å². The molecule has 25 nitrogen and oxygen atoms in total. The number of aliphatic carboxylic acids is 1. The van der Waals surface area contributed by atoms with E-state index in [9.17, 15) is 19.5 Å². The van der Waals surface area contributed by atoms with Gasteiger partial charge < -0.3 is 42.5 Å². The first-order valence-corrected chi connectivity index (χ1v) is 55.8. The van der Waals surface area contributed by atoms with Crippen molar-refractivity contribution in [3.63, 3.8) is 0 Å². The lowest BCUT2D eigenvalue weighted by molar-refractivity contribution is -0.155. The molecule has 0 bridgehead atoms. The molecule has 14 heterocycles. The van der Waals surface area contributed by atoms with Crippen LogP contribution in [0.15, 0.2) is 219 Å². The lowest BCUT2D eigenvalue weighted by Crippen LogP contribution is -2.42. The number of fused-ring (bicyclic) bond motifs is 16. The second-order valence-electron chi connectivity index (χ2n) is 42.7. The van der Waals surface area contributed by atoms with Crippen molar-refractivity contribution in [2.75, 3.05) is 85.3 Å². The number of carbonyl (C=O) groups is 3. The molecular weight excluding hydrogens is 1850 g/mol. The molecule has 2 saturated heterocycles. The van der Waals surface area contributed by atoms with Crippen LogP contribution in [0, 0.1) is 0 Å². The predicted molar refractivity (Wildman–Crippen MR) is 596 cm³/mol. The average molecular weight is 2010 g/mol. The molecule has 4 atom stereocenters. The number of carboxylic acid groups (broad SMARTS) is 1. The number of hydrogen-bond acceptors (Lipinski definition) is 19. The monoisotopic (exact) mass is 2010 g/mol. The highest BCUT2D eigenvalue weighted by Gasteiger charge is 2.35. The summed E-state index contributed by atoms with van der Waals surface area (Å²) in [6, 6.07) is 61.1. The number of morpholine rings is 2. The lowest BCUT2D eigenvalue weighted by Gasteiger charge is -2.35. The van der Waals surface area contributed by atoms with Crippen molar-refractivity contribution < 1.29 is 33.7 Å². The molecular formula is C124H152N18O7. The Labute approximate surface area is 878 Å².